The topological polar surface area (TPSA) is 118 Å². The second-order valence-electron chi connectivity index (χ2n) is 9.27. The predicted molar refractivity (Wildman–Crippen MR) is 128 cm³/mol. The van der Waals surface area contributed by atoms with E-state index in [9.17, 15) is 30.8 Å². The van der Waals surface area contributed by atoms with Crippen LogP contribution in [0, 0.1) is 11.2 Å². The highest BCUT2D eigenvalue weighted by atomic mass is 32.2. The van der Waals surface area contributed by atoms with Gasteiger partial charge >= 0.3 is 6.18 Å². The van der Waals surface area contributed by atoms with Gasteiger partial charge < -0.3 is 15.5 Å². The molecule has 1 fully saturated rings. The van der Waals surface area contributed by atoms with Gasteiger partial charge in [-0.3, -0.25) is 10.2 Å². The van der Waals surface area contributed by atoms with Gasteiger partial charge in [-0.05, 0) is 55.4 Å². The van der Waals surface area contributed by atoms with E-state index in [2.05, 4.69) is 15.6 Å². The lowest BCUT2D eigenvalue weighted by Crippen LogP contribution is -2.71. The second-order valence-corrected chi connectivity index (χ2v) is 11.4. The Balaban J connectivity index is 1.59. The smallest absolute Gasteiger partial charge is 0.344 e. The maximum atomic E-state index is 13.4. The van der Waals surface area contributed by atoms with E-state index >= 15 is 0 Å². The number of hydrogen-bond acceptors (Lipinski definition) is 6. The molecule has 200 valence electrons. The van der Waals surface area contributed by atoms with Gasteiger partial charge in [0, 0.05) is 25.7 Å². The highest BCUT2D eigenvalue weighted by molar-refractivity contribution is 7.90. The van der Waals surface area contributed by atoms with Gasteiger partial charge in [-0.15, -0.1) is 0 Å². The van der Waals surface area contributed by atoms with Crippen LogP contribution >= 0.6 is 0 Å². The molecular weight excluding hydrogens is 516 g/mol. The van der Waals surface area contributed by atoms with E-state index in [4.69, 9.17) is 5.41 Å². The first-order valence-corrected chi connectivity index (χ1v) is 12.9. The van der Waals surface area contributed by atoms with Crippen molar-refractivity contribution in [2.24, 2.45) is 0 Å². The maximum Gasteiger partial charge on any atom is 0.390 e. The van der Waals surface area contributed by atoms with Crippen molar-refractivity contribution in [1.82, 2.24) is 19.5 Å². The number of rotatable bonds is 7. The lowest BCUT2D eigenvalue weighted by molar-refractivity contribution is -0.137. The number of amides is 1. The minimum Gasteiger partial charge on any atom is -0.344 e. The van der Waals surface area contributed by atoms with Gasteiger partial charge in [0.25, 0.3) is 5.91 Å². The lowest BCUT2D eigenvalue weighted by atomic mass is 9.67. The SMILES string of the molecule is CN(CC[C@H]1[C@]2(Cc3ccc(NC(=O)c4ccc(F)cn4)cc32)NC(=N)N(C)S1(=O)=O)CCC(F)(F)F. The zero-order valence-electron chi connectivity index (χ0n) is 20.1. The number of aromatic nitrogens is 1. The Morgan fingerprint density at radius 2 is 2.03 bits per heavy atom. The molecule has 1 aromatic heterocycles. The molecule has 1 saturated heterocycles. The molecule has 1 amide bonds. The molecule has 1 spiro atoms. The van der Waals surface area contributed by atoms with E-state index in [-0.39, 0.29) is 37.6 Å². The van der Waals surface area contributed by atoms with Gasteiger partial charge in [-0.2, -0.15) is 13.2 Å². The molecule has 9 nitrogen and oxygen atoms in total. The average molecular weight is 543 g/mol. The van der Waals surface area contributed by atoms with Crippen LogP contribution in [-0.4, -0.2) is 73.1 Å². The zero-order chi connectivity index (χ0) is 27.2. The van der Waals surface area contributed by atoms with Crippen molar-refractivity contribution >= 4 is 27.6 Å². The van der Waals surface area contributed by atoms with Gasteiger partial charge in [0.15, 0.2) is 0 Å². The number of nitrogens with zero attached hydrogens (tertiary/aromatic N) is 3. The minimum atomic E-state index is -4.32. The Bertz CT molecular complexity index is 1320. The summed E-state index contributed by atoms with van der Waals surface area (Å²) in [5.41, 5.74) is 0.535. The van der Waals surface area contributed by atoms with E-state index in [0.717, 1.165) is 22.1 Å². The number of hydrogen-bond donors (Lipinski definition) is 3. The first kappa shape index (κ1) is 26.8. The first-order valence-electron chi connectivity index (χ1n) is 11.4. The molecule has 1 aliphatic carbocycles. The fourth-order valence-corrected chi connectivity index (χ4v) is 6.58. The van der Waals surface area contributed by atoms with E-state index in [1.54, 1.807) is 18.2 Å². The van der Waals surface area contributed by atoms with Crippen LogP contribution in [0.4, 0.5) is 23.2 Å². The molecular formula is C23H26F4N6O3S. The van der Waals surface area contributed by atoms with Crippen LogP contribution in [0.5, 0.6) is 0 Å². The number of benzene rings is 1. The van der Waals surface area contributed by atoms with Crippen LogP contribution < -0.4 is 10.6 Å². The summed E-state index contributed by atoms with van der Waals surface area (Å²) in [7, 11) is -1.27. The van der Waals surface area contributed by atoms with Crippen LogP contribution in [0.25, 0.3) is 0 Å². The Morgan fingerprint density at radius 3 is 2.68 bits per heavy atom. The zero-order valence-corrected chi connectivity index (χ0v) is 20.9. The summed E-state index contributed by atoms with van der Waals surface area (Å²) in [6.45, 7) is -0.181. The van der Waals surface area contributed by atoms with Gasteiger partial charge in [0.1, 0.15) is 16.8 Å². The Hall–Kier alpha value is -3.26. The third kappa shape index (κ3) is 5.25. The summed E-state index contributed by atoms with van der Waals surface area (Å²) < 4.78 is 78.6. The molecule has 0 saturated carbocycles. The monoisotopic (exact) mass is 542 g/mol. The summed E-state index contributed by atoms with van der Waals surface area (Å²) >= 11 is 0. The molecule has 2 aliphatic rings. The second kappa shape index (κ2) is 9.56. The van der Waals surface area contributed by atoms with Crippen molar-refractivity contribution in [3.8, 4) is 0 Å². The van der Waals surface area contributed by atoms with Crippen molar-refractivity contribution in [2.45, 2.75) is 36.2 Å². The minimum absolute atomic E-state index is 0.0136. The number of halogens is 4. The van der Waals surface area contributed by atoms with E-state index in [1.165, 1.54) is 25.1 Å². The van der Waals surface area contributed by atoms with Gasteiger partial charge in [0.05, 0.1) is 18.2 Å². The number of guanidine groups is 1. The van der Waals surface area contributed by atoms with Crippen LogP contribution in [-0.2, 0) is 22.0 Å². The fraction of sp³-hybridized carbons (Fsp3) is 0.435. The van der Waals surface area contributed by atoms with E-state index < -0.39 is 45.1 Å². The van der Waals surface area contributed by atoms with Crippen LogP contribution in [0.2, 0.25) is 0 Å². The number of sulfonamides is 1. The third-order valence-electron chi connectivity index (χ3n) is 6.77. The average Bonchev–Trinajstić information content (AvgIpc) is 2.81. The number of carbonyl (C=O) groups is 1. The molecule has 0 unspecified atom stereocenters. The van der Waals surface area contributed by atoms with Crippen molar-refractivity contribution < 1.29 is 30.8 Å². The molecule has 2 aromatic rings. The molecule has 1 aliphatic heterocycles. The highest BCUT2D eigenvalue weighted by Crippen LogP contribution is 2.48. The summed E-state index contributed by atoms with van der Waals surface area (Å²) in [4.78, 5) is 17.7. The molecule has 4 rings (SSSR count). The van der Waals surface area contributed by atoms with Gasteiger partial charge in [-0.25, -0.2) is 22.1 Å². The molecule has 0 radical (unpaired) electrons. The summed E-state index contributed by atoms with van der Waals surface area (Å²) in [6, 6.07) is 7.31. The quantitative estimate of drug-likeness (QED) is 0.463. The number of pyridine rings is 1. The Kier molecular flexibility index (Phi) is 6.92. The largest absolute Gasteiger partial charge is 0.390 e. The van der Waals surface area contributed by atoms with Crippen molar-refractivity contribution in [3.05, 3.63) is 59.2 Å². The number of nitrogens with one attached hydrogen (secondary N) is 3. The number of alkyl halides is 3. The predicted octanol–water partition coefficient (Wildman–Crippen LogP) is 2.67. The van der Waals surface area contributed by atoms with Crippen LogP contribution in [0.3, 0.4) is 0 Å². The van der Waals surface area contributed by atoms with E-state index in [0.29, 0.717) is 11.3 Å². The Labute approximate surface area is 211 Å². The lowest BCUT2D eigenvalue weighted by Gasteiger charge is -2.54. The summed E-state index contributed by atoms with van der Waals surface area (Å²) in [6.07, 6.45) is -4.11. The van der Waals surface area contributed by atoms with Crippen molar-refractivity contribution in [1.29, 1.82) is 5.41 Å². The number of carbonyl (C=O) groups excluding carboxylic acids is 1. The molecule has 37 heavy (non-hydrogen) atoms. The maximum absolute atomic E-state index is 13.4. The molecule has 1 aromatic carbocycles. The Morgan fingerprint density at radius 1 is 1.30 bits per heavy atom. The van der Waals surface area contributed by atoms with Gasteiger partial charge in [-0.1, -0.05) is 6.07 Å². The highest BCUT2D eigenvalue weighted by Gasteiger charge is 2.58. The standard InChI is InChI=1S/C23H26F4N6O3S/c1-32(10-8-23(25,26)27)9-7-19-22(31-21(28)33(2)37(19,35)36)12-14-3-5-16(11-17(14)22)30-20(34)18-6-4-15(24)13-29-18/h3-6,11,13,19H,7-10,12H2,1-2H3,(H2,28,31)(H,30,34)/t19-,22+/m0/s1. The summed E-state index contributed by atoms with van der Waals surface area (Å²) in [5, 5.41) is 12.8. The van der Waals surface area contributed by atoms with Crippen LogP contribution in [0.15, 0.2) is 36.5 Å². The van der Waals surface area contributed by atoms with Crippen molar-refractivity contribution in [3.63, 3.8) is 0 Å². The molecule has 0 bridgehead atoms. The number of anilines is 1. The van der Waals surface area contributed by atoms with Crippen LogP contribution in [0.1, 0.15) is 34.5 Å². The molecule has 14 heteroatoms. The van der Waals surface area contributed by atoms with Crippen molar-refractivity contribution in [2.75, 3.05) is 32.5 Å². The normalized spacial score (nSPS) is 22.4. The molecule has 3 N–H and O–H groups in total. The molecule has 2 atom stereocenters. The third-order valence-corrected chi connectivity index (χ3v) is 9.08. The van der Waals surface area contributed by atoms with E-state index in [1.807, 2.05) is 0 Å². The first-order chi connectivity index (χ1) is 17.2. The fourth-order valence-electron chi connectivity index (χ4n) is 4.72. The molecule has 2 heterocycles. The summed E-state index contributed by atoms with van der Waals surface area (Å²) in [5.74, 6) is -1.50. The van der Waals surface area contributed by atoms with Gasteiger partial charge in [0.2, 0.25) is 16.0 Å². The number of fused-ring (bicyclic) bond motifs is 2.